The zero-order chi connectivity index (χ0) is 13.4. The number of methoxy groups -OCH3 is 2. The monoisotopic (exact) mass is 266 g/mol. The van der Waals surface area contributed by atoms with Gasteiger partial charge in [-0.15, -0.1) is 11.8 Å². The summed E-state index contributed by atoms with van der Waals surface area (Å²) in [5.41, 5.74) is 1.51. The van der Waals surface area contributed by atoms with Crippen LogP contribution in [0.15, 0.2) is 23.1 Å². The molecule has 1 atom stereocenters. The number of rotatable bonds is 7. The average molecular weight is 266 g/mol. The minimum absolute atomic E-state index is 0.0283. The molecule has 0 spiro atoms. The molecule has 98 valence electrons. The van der Waals surface area contributed by atoms with Crippen LogP contribution in [0, 0.1) is 11.3 Å². The van der Waals surface area contributed by atoms with Crippen LogP contribution in [0.2, 0.25) is 0 Å². The van der Waals surface area contributed by atoms with Gasteiger partial charge in [0, 0.05) is 25.7 Å². The van der Waals surface area contributed by atoms with Crippen molar-refractivity contribution in [1.82, 2.24) is 0 Å². The van der Waals surface area contributed by atoms with E-state index in [9.17, 15) is 5.26 Å². The van der Waals surface area contributed by atoms with Gasteiger partial charge in [0.1, 0.15) is 6.07 Å². The fourth-order valence-corrected chi connectivity index (χ4v) is 2.16. The third-order valence-electron chi connectivity index (χ3n) is 2.56. The van der Waals surface area contributed by atoms with Crippen molar-refractivity contribution in [2.45, 2.75) is 11.0 Å². The molecule has 0 radical (unpaired) electrons. The molecule has 0 aromatic heterocycles. The van der Waals surface area contributed by atoms with E-state index in [4.69, 9.17) is 9.47 Å². The van der Waals surface area contributed by atoms with Crippen molar-refractivity contribution in [1.29, 1.82) is 5.26 Å². The molecule has 0 bridgehead atoms. The standard InChI is InChI=1S/C13H18N2O2S/c1-16-9-10(17-2)8-15-12-5-4-6-13(18-3)11(12)7-14/h4-6,10,15H,8-9H2,1-3H3. The Morgan fingerprint density at radius 2 is 2.22 bits per heavy atom. The van der Waals surface area contributed by atoms with Crippen LogP contribution < -0.4 is 5.32 Å². The summed E-state index contributed by atoms with van der Waals surface area (Å²) in [4.78, 5) is 0.975. The SMILES string of the molecule is COCC(CNc1cccc(SC)c1C#N)OC. The van der Waals surface area contributed by atoms with Crippen LogP contribution >= 0.6 is 11.8 Å². The first-order valence-electron chi connectivity index (χ1n) is 5.59. The molecule has 0 aliphatic carbocycles. The van der Waals surface area contributed by atoms with Crippen molar-refractivity contribution in [2.24, 2.45) is 0 Å². The minimum Gasteiger partial charge on any atom is -0.382 e. The summed E-state index contributed by atoms with van der Waals surface area (Å²) >= 11 is 1.57. The van der Waals surface area contributed by atoms with Gasteiger partial charge in [0.25, 0.3) is 0 Å². The van der Waals surface area contributed by atoms with Gasteiger partial charge in [-0.3, -0.25) is 0 Å². The highest BCUT2D eigenvalue weighted by atomic mass is 32.2. The van der Waals surface area contributed by atoms with Crippen molar-refractivity contribution < 1.29 is 9.47 Å². The quantitative estimate of drug-likeness (QED) is 0.768. The second-order valence-corrected chi connectivity index (χ2v) is 4.54. The zero-order valence-electron chi connectivity index (χ0n) is 10.9. The molecule has 0 aliphatic rings. The van der Waals surface area contributed by atoms with E-state index < -0.39 is 0 Å². The number of anilines is 1. The normalized spacial score (nSPS) is 11.9. The van der Waals surface area contributed by atoms with Crippen LogP contribution in [0.5, 0.6) is 0 Å². The largest absolute Gasteiger partial charge is 0.382 e. The highest BCUT2D eigenvalue weighted by molar-refractivity contribution is 7.98. The lowest BCUT2D eigenvalue weighted by Crippen LogP contribution is -2.26. The number of hydrogen-bond acceptors (Lipinski definition) is 5. The number of nitrogens with one attached hydrogen (secondary N) is 1. The average Bonchev–Trinajstić information content (AvgIpc) is 2.42. The second kappa shape index (κ2) is 7.98. The van der Waals surface area contributed by atoms with E-state index in [0.717, 1.165) is 10.6 Å². The van der Waals surface area contributed by atoms with E-state index in [1.54, 1.807) is 26.0 Å². The summed E-state index contributed by atoms with van der Waals surface area (Å²) in [6, 6.07) is 8.01. The second-order valence-electron chi connectivity index (χ2n) is 3.69. The van der Waals surface area contributed by atoms with Crippen molar-refractivity contribution in [3.05, 3.63) is 23.8 Å². The van der Waals surface area contributed by atoms with Gasteiger partial charge in [0.05, 0.1) is 24.0 Å². The van der Waals surface area contributed by atoms with E-state index in [1.165, 1.54) is 0 Å². The van der Waals surface area contributed by atoms with Crippen LogP contribution in [-0.4, -0.2) is 39.7 Å². The van der Waals surface area contributed by atoms with Gasteiger partial charge in [0.15, 0.2) is 0 Å². The van der Waals surface area contributed by atoms with Gasteiger partial charge in [-0.05, 0) is 18.4 Å². The van der Waals surface area contributed by atoms with Crippen LogP contribution in [-0.2, 0) is 9.47 Å². The molecule has 1 aromatic rings. The number of thioether (sulfide) groups is 1. The maximum absolute atomic E-state index is 9.20. The Morgan fingerprint density at radius 3 is 2.78 bits per heavy atom. The third kappa shape index (κ3) is 3.91. The first kappa shape index (κ1) is 14.8. The number of hydrogen-bond donors (Lipinski definition) is 1. The molecular formula is C13H18N2O2S. The smallest absolute Gasteiger partial charge is 0.102 e. The van der Waals surface area contributed by atoms with Gasteiger partial charge in [-0.1, -0.05) is 6.07 Å². The molecule has 18 heavy (non-hydrogen) atoms. The highest BCUT2D eigenvalue weighted by Crippen LogP contribution is 2.26. The highest BCUT2D eigenvalue weighted by Gasteiger charge is 2.10. The first-order chi connectivity index (χ1) is 8.76. The molecule has 1 N–H and O–H groups in total. The zero-order valence-corrected chi connectivity index (χ0v) is 11.7. The fraction of sp³-hybridized carbons (Fsp3) is 0.462. The van der Waals surface area contributed by atoms with E-state index in [0.29, 0.717) is 18.7 Å². The summed E-state index contributed by atoms with van der Waals surface area (Å²) in [5, 5.41) is 12.4. The van der Waals surface area contributed by atoms with Crippen molar-refractivity contribution in [3.63, 3.8) is 0 Å². The number of benzene rings is 1. The Kier molecular flexibility index (Phi) is 6.58. The Hall–Kier alpha value is -1.22. The van der Waals surface area contributed by atoms with Crippen LogP contribution in [0.3, 0.4) is 0 Å². The third-order valence-corrected chi connectivity index (χ3v) is 3.34. The molecule has 1 rings (SSSR count). The predicted molar refractivity (Wildman–Crippen MR) is 74.1 cm³/mol. The van der Waals surface area contributed by atoms with Crippen molar-refractivity contribution >= 4 is 17.4 Å². The summed E-state index contributed by atoms with van der Waals surface area (Å²) in [6.45, 7) is 1.13. The fourth-order valence-electron chi connectivity index (χ4n) is 1.58. The molecule has 0 amide bonds. The van der Waals surface area contributed by atoms with Crippen molar-refractivity contribution in [2.75, 3.05) is 38.9 Å². The van der Waals surface area contributed by atoms with Gasteiger partial charge >= 0.3 is 0 Å². The molecular weight excluding hydrogens is 248 g/mol. The lowest BCUT2D eigenvalue weighted by molar-refractivity contribution is 0.0365. The number of nitriles is 1. The van der Waals surface area contributed by atoms with Crippen LogP contribution in [0.4, 0.5) is 5.69 Å². The lowest BCUT2D eigenvalue weighted by atomic mass is 10.2. The predicted octanol–water partition coefficient (Wildman–Crippen LogP) is 2.35. The molecule has 0 saturated carbocycles. The molecule has 0 fully saturated rings. The molecule has 1 unspecified atom stereocenters. The van der Waals surface area contributed by atoms with E-state index in [2.05, 4.69) is 11.4 Å². The number of ether oxygens (including phenoxy) is 2. The topological polar surface area (TPSA) is 54.3 Å². The lowest BCUT2D eigenvalue weighted by Gasteiger charge is -2.17. The molecule has 5 heteroatoms. The van der Waals surface area contributed by atoms with Crippen LogP contribution in [0.1, 0.15) is 5.56 Å². The Labute approximate surface area is 112 Å². The van der Waals surface area contributed by atoms with Gasteiger partial charge < -0.3 is 14.8 Å². The Balaban J connectivity index is 2.75. The Morgan fingerprint density at radius 1 is 1.44 bits per heavy atom. The molecule has 0 heterocycles. The first-order valence-corrected chi connectivity index (χ1v) is 6.82. The summed E-state index contributed by atoms with van der Waals surface area (Å²) < 4.78 is 10.3. The number of nitrogens with zero attached hydrogens (tertiary/aromatic N) is 1. The van der Waals surface area contributed by atoms with E-state index in [-0.39, 0.29) is 6.10 Å². The van der Waals surface area contributed by atoms with Crippen LogP contribution in [0.25, 0.3) is 0 Å². The Bertz CT molecular complexity index is 418. The van der Waals surface area contributed by atoms with E-state index in [1.807, 2.05) is 24.5 Å². The maximum atomic E-state index is 9.20. The molecule has 1 aromatic carbocycles. The van der Waals surface area contributed by atoms with Gasteiger partial charge in [-0.2, -0.15) is 5.26 Å². The summed E-state index contributed by atoms with van der Waals surface area (Å²) in [6.07, 6.45) is 1.93. The summed E-state index contributed by atoms with van der Waals surface area (Å²) in [7, 11) is 3.29. The molecule has 0 aliphatic heterocycles. The maximum Gasteiger partial charge on any atom is 0.102 e. The minimum atomic E-state index is -0.0283. The van der Waals surface area contributed by atoms with Gasteiger partial charge in [-0.25, -0.2) is 0 Å². The van der Waals surface area contributed by atoms with Gasteiger partial charge in [0.2, 0.25) is 0 Å². The molecule has 4 nitrogen and oxygen atoms in total. The van der Waals surface area contributed by atoms with Crippen molar-refractivity contribution in [3.8, 4) is 6.07 Å². The van der Waals surface area contributed by atoms with E-state index >= 15 is 0 Å². The summed E-state index contributed by atoms with van der Waals surface area (Å²) in [5.74, 6) is 0. The molecule has 0 saturated heterocycles.